The molecule has 0 aliphatic carbocycles. The number of benzene rings is 1. The van der Waals surface area contributed by atoms with E-state index >= 15 is 0 Å². The van der Waals surface area contributed by atoms with E-state index in [1.807, 2.05) is 0 Å². The summed E-state index contributed by atoms with van der Waals surface area (Å²) in [5, 5.41) is 9.73. The van der Waals surface area contributed by atoms with Crippen molar-refractivity contribution in [2.45, 2.75) is 42.4 Å². The Morgan fingerprint density at radius 1 is 1.28 bits per heavy atom. The number of hydrogen-bond acceptors (Lipinski definition) is 7. The molecule has 0 spiro atoms. The number of sulfonamides is 1. The van der Waals surface area contributed by atoms with Crippen molar-refractivity contribution in [1.82, 2.24) is 9.62 Å². The largest absolute Gasteiger partial charge is 0.495 e. The number of nitrogens with one attached hydrogen (secondary N) is 1. The van der Waals surface area contributed by atoms with E-state index in [-0.39, 0.29) is 35.7 Å². The molecule has 2 fully saturated rings. The Balaban J connectivity index is 1.61. The van der Waals surface area contributed by atoms with E-state index in [0.29, 0.717) is 39.1 Å². The number of hydrogen-bond donors (Lipinski definition) is 2. The van der Waals surface area contributed by atoms with E-state index in [9.17, 15) is 18.3 Å². The Kier molecular flexibility index (Phi) is 7.47. The molecule has 2 saturated heterocycles. The van der Waals surface area contributed by atoms with Gasteiger partial charge in [0.05, 0.1) is 51.6 Å². The second-order valence-electron chi connectivity index (χ2n) is 7.13. The van der Waals surface area contributed by atoms with Crippen LogP contribution in [0.5, 0.6) is 5.75 Å². The fourth-order valence-corrected chi connectivity index (χ4v) is 5.13. The minimum Gasteiger partial charge on any atom is -0.495 e. The number of nitrogens with zero attached hydrogens (tertiary/aromatic N) is 1. The number of carbonyl (C=O) groups is 1. The van der Waals surface area contributed by atoms with Gasteiger partial charge in [0.25, 0.3) is 0 Å². The molecule has 1 amide bonds. The molecule has 162 valence electrons. The van der Waals surface area contributed by atoms with Crippen molar-refractivity contribution in [1.29, 1.82) is 0 Å². The summed E-state index contributed by atoms with van der Waals surface area (Å²) < 4.78 is 44.5. The predicted octanol–water partition coefficient (Wildman–Crippen LogP) is 0.131. The minimum absolute atomic E-state index is 0.0111. The van der Waals surface area contributed by atoms with Crippen LogP contribution >= 0.6 is 0 Å². The van der Waals surface area contributed by atoms with E-state index in [1.54, 1.807) is 23.1 Å². The molecule has 2 aliphatic heterocycles. The smallest absolute Gasteiger partial charge is 0.244 e. The van der Waals surface area contributed by atoms with Gasteiger partial charge < -0.3 is 24.2 Å². The summed E-state index contributed by atoms with van der Waals surface area (Å²) >= 11 is 0. The van der Waals surface area contributed by atoms with Gasteiger partial charge in [-0.2, -0.15) is 0 Å². The fraction of sp³-hybridized carbons (Fsp3) is 0.632. The number of ether oxygens (including phenoxy) is 3. The maximum absolute atomic E-state index is 12.8. The third-order valence-corrected chi connectivity index (χ3v) is 6.76. The standard InChI is InChI=1S/C19H28N2O7S/c1-26-16-4-2-3-5-18(16)29(24,25)20-15-7-6-14(28-17(15)13-22)12-19(23)21-8-10-27-11-9-21/h2-5,14-15,17,20,22H,6-13H2,1H3/t14-,15+,17-/m0/s1. The van der Waals surface area contributed by atoms with Gasteiger partial charge in [-0.1, -0.05) is 12.1 Å². The highest BCUT2D eigenvalue weighted by molar-refractivity contribution is 7.89. The minimum atomic E-state index is -3.86. The molecule has 0 saturated carbocycles. The lowest BCUT2D eigenvalue weighted by atomic mass is 9.97. The molecule has 9 nitrogen and oxygen atoms in total. The van der Waals surface area contributed by atoms with Gasteiger partial charge in [0.1, 0.15) is 10.6 Å². The summed E-state index contributed by atoms with van der Waals surface area (Å²) in [6, 6.07) is 5.75. The summed E-state index contributed by atoms with van der Waals surface area (Å²) in [7, 11) is -2.45. The number of aliphatic hydroxyl groups is 1. The first-order valence-electron chi connectivity index (χ1n) is 9.72. The molecule has 2 heterocycles. The van der Waals surface area contributed by atoms with E-state index < -0.39 is 22.2 Å². The Morgan fingerprint density at radius 3 is 2.69 bits per heavy atom. The molecular formula is C19H28N2O7S. The molecule has 29 heavy (non-hydrogen) atoms. The second-order valence-corrected chi connectivity index (χ2v) is 8.81. The van der Waals surface area contributed by atoms with Crippen LogP contribution in [0.3, 0.4) is 0 Å². The fourth-order valence-electron chi connectivity index (χ4n) is 3.66. The lowest BCUT2D eigenvalue weighted by molar-refractivity contribution is -0.143. The van der Waals surface area contributed by atoms with Crippen LogP contribution in [0.2, 0.25) is 0 Å². The van der Waals surface area contributed by atoms with Crippen LogP contribution in [0.15, 0.2) is 29.2 Å². The molecule has 1 aromatic carbocycles. The Morgan fingerprint density at radius 2 is 2.00 bits per heavy atom. The van der Waals surface area contributed by atoms with Gasteiger partial charge in [0.2, 0.25) is 15.9 Å². The van der Waals surface area contributed by atoms with E-state index in [1.165, 1.54) is 13.2 Å². The van der Waals surface area contributed by atoms with Crippen LogP contribution in [0.4, 0.5) is 0 Å². The molecule has 2 aliphatic rings. The molecule has 0 bridgehead atoms. The van der Waals surface area contributed by atoms with Gasteiger partial charge >= 0.3 is 0 Å². The monoisotopic (exact) mass is 428 g/mol. The molecule has 1 aromatic rings. The second kappa shape index (κ2) is 9.86. The molecular weight excluding hydrogens is 400 g/mol. The third kappa shape index (κ3) is 5.46. The predicted molar refractivity (Wildman–Crippen MR) is 104 cm³/mol. The molecule has 0 aromatic heterocycles. The lowest BCUT2D eigenvalue weighted by Gasteiger charge is -2.36. The summed E-state index contributed by atoms with van der Waals surface area (Å²) in [5.41, 5.74) is 0. The molecule has 0 unspecified atom stereocenters. The van der Waals surface area contributed by atoms with Crippen LogP contribution in [-0.2, 0) is 24.3 Å². The van der Waals surface area contributed by atoms with Crippen molar-refractivity contribution in [3.63, 3.8) is 0 Å². The van der Waals surface area contributed by atoms with Crippen LogP contribution in [0.25, 0.3) is 0 Å². The van der Waals surface area contributed by atoms with Crippen molar-refractivity contribution >= 4 is 15.9 Å². The quantitative estimate of drug-likeness (QED) is 0.634. The molecule has 0 radical (unpaired) electrons. The van der Waals surface area contributed by atoms with Crippen molar-refractivity contribution in [2.24, 2.45) is 0 Å². The maximum atomic E-state index is 12.8. The van der Waals surface area contributed by atoms with Crippen LogP contribution in [-0.4, -0.2) is 82.6 Å². The maximum Gasteiger partial charge on any atom is 0.244 e. The number of morpholine rings is 1. The zero-order valence-electron chi connectivity index (χ0n) is 16.5. The number of amides is 1. The lowest BCUT2D eigenvalue weighted by Crippen LogP contribution is -2.51. The highest BCUT2D eigenvalue weighted by Gasteiger charge is 2.36. The summed E-state index contributed by atoms with van der Waals surface area (Å²) in [6.07, 6.45) is 0.111. The van der Waals surface area contributed by atoms with Gasteiger partial charge in [0, 0.05) is 13.1 Å². The molecule has 3 rings (SSSR count). The molecule has 3 atom stereocenters. The summed E-state index contributed by atoms with van der Waals surface area (Å²) in [4.78, 5) is 14.2. The Labute approximate surface area is 171 Å². The van der Waals surface area contributed by atoms with Crippen LogP contribution in [0, 0.1) is 0 Å². The topological polar surface area (TPSA) is 114 Å². The van der Waals surface area contributed by atoms with Gasteiger partial charge in [-0.15, -0.1) is 0 Å². The SMILES string of the molecule is COc1ccccc1S(=O)(=O)N[C@@H]1CC[C@@H](CC(=O)N2CCOCC2)O[C@H]1CO. The number of aliphatic hydroxyl groups excluding tert-OH is 1. The molecule has 2 N–H and O–H groups in total. The molecule has 10 heteroatoms. The first-order valence-corrected chi connectivity index (χ1v) is 11.2. The van der Waals surface area contributed by atoms with Crippen molar-refractivity contribution in [2.75, 3.05) is 40.0 Å². The van der Waals surface area contributed by atoms with Crippen molar-refractivity contribution in [3.05, 3.63) is 24.3 Å². The van der Waals surface area contributed by atoms with Crippen LogP contribution in [0.1, 0.15) is 19.3 Å². The van der Waals surface area contributed by atoms with Gasteiger partial charge in [-0.05, 0) is 25.0 Å². The summed E-state index contributed by atoms with van der Waals surface area (Å²) in [6.45, 7) is 1.85. The third-order valence-electron chi connectivity index (χ3n) is 5.23. The number of rotatable bonds is 7. The zero-order valence-corrected chi connectivity index (χ0v) is 17.3. The van der Waals surface area contributed by atoms with Crippen LogP contribution < -0.4 is 9.46 Å². The first kappa shape index (κ1) is 22.0. The first-order chi connectivity index (χ1) is 13.9. The average Bonchev–Trinajstić information content (AvgIpc) is 2.75. The van der Waals surface area contributed by atoms with Crippen molar-refractivity contribution < 1.29 is 32.5 Å². The number of para-hydroxylation sites is 1. The zero-order chi connectivity index (χ0) is 20.9. The van der Waals surface area contributed by atoms with Gasteiger partial charge in [-0.25, -0.2) is 13.1 Å². The van der Waals surface area contributed by atoms with Crippen molar-refractivity contribution in [3.8, 4) is 5.75 Å². The number of carbonyl (C=O) groups excluding carboxylic acids is 1. The van der Waals surface area contributed by atoms with E-state index in [2.05, 4.69) is 4.72 Å². The van der Waals surface area contributed by atoms with Gasteiger partial charge in [0.15, 0.2) is 0 Å². The highest BCUT2D eigenvalue weighted by Crippen LogP contribution is 2.27. The number of methoxy groups -OCH3 is 1. The van der Waals surface area contributed by atoms with E-state index in [4.69, 9.17) is 14.2 Å². The van der Waals surface area contributed by atoms with Gasteiger partial charge in [-0.3, -0.25) is 4.79 Å². The summed E-state index contributed by atoms with van der Waals surface area (Å²) in [5.74, 6) is 0.231. The van der Waals surface area contributed by atoms with E-state index in [0.717, 1.165) is 0 Å². The normalized spacial score (nSPS) is 25.6. The Bertz CT molecular complexity index is 796. The highest BCUT2D eigenvalue weighted by atomic mass is 32.2. The average molecular weight is 429 g/mol. The Hall–Kier alpha value is -1.72.